The summed E-state index contributed by atoms with van der Waals surface area (Å²) < 4.78 is 53.2. The van der Waals surface area contributed by atoms with Crippen molar-refractivity contribution in [3.63, 3.8) is 0 Å². The second-order valence-corrected chi connectivity index (χ2v) is 15.7. The predicted molar refractivity (Wildman–Crippen MR) is 171 cm³/mol. The lowest BCUT2D eigenvalue weighted by molar-refractivity contribution is -0.394. The number of anilines is 1. The fraction of sp³-hybridized carbons (Fsp3) is 0.500. The molecule has 1 aromatic carbocycles. The van der Waals surface area contributed by atoms with Gasteiger partial charge in [-0.15, -0.1) is 0 Å². The van der Waals surface area contributed by atoms with Gasteiger partial charge in [-0.2, -0.15) is 8.62 Å². The Hall–Kier alpha value is -3.46. The second kappa shape index (κ2) is 15.5. The molecule has 0 amide bonds. The summed E-state index contributed by atoms with van der Waals surface area (Å²) in [5, 5.41) is 44.4. The van der Waals surface area contributed by atoms with Crippen LogP contribution in [-0.2, 0) is 43.8 Å². The number of nitro groups is 2. The molecule has 14 N–H and O–H groups in total. The number of hydrogen-bond acceptors (Lipinski definition) is 20. The Morgan fingerprint density at radius 1 is 1.02 bits per heavy atom. The summed E-state index contributed by atoms with van der Waals surface area (Å²) in [5.74, 6) is -2.65. The first kappa shape index (κ1) is 41.3. The van der Waals surface area contributed by atoms with E-state index in [1.165, 1.54) is 6.07 Å². The lowest BCUT2D eigenvalue weighted by Crippen LogP contribution is -2.54. The number of phosphoric ester groups is 1. The van der Waals surface area contributed by atoms with Crippen molar-refractivity contribution in [3.8, 4) is 0 Å². The molecule has 27 nitrogen and oxygen atoms in total. The van der Waals surface area contributed by atoms with E-state index >= 15 is 0 Å². The molecule has 3 heterocycles. The lowest BCUT2D eigenvalue weighted by atomic mass is 9.97. The van der Waals surface area contributed by atoms with Crippen molar-refractivity contribution in [3.05, 3.63) is 56.1 Å². The smallest absolute Gasteiger partial charge is 0.387 e. The minimum Gasteiger partial charge on any atom is -0.387 e. The van der Waals surface area contributed by atoms with Crippen LogP contribution in [0.15, 0.2) is 24.5 Å². The van der Waals surface area contributed by atoms with Gasteiger partial charge in [-0.3, -0.25) is 35.1 Å². The molecule has 1 aliphatic heterocycles. The summed E-state index contributed by atoms with van der Waals surface area (Å²) in [5.41, 5.74) is 23.9. The Morgan fingerprint density at radius 3 is 2.31 bits per heavy atom. The Bertz CT molecular complexity index is 1980. The third-order valence-electron chi connectivity index (χ3n) is 7.53. The van der Waals surface area contributed by atoms with Gasteiger partial charge in [-0.05, 0) is 18.9 Å². The van der Waals surface area contributed by atoms with Crippen LogP contribution >= 0.6 is 23.5 Å². The molecular weight excluding hydrogens is 769 g/mol. The maximum absolute atomic E-state index is 12.2. The molecule has 4 rings (SSSR count). The number of aliphatic hydroxyl groups is 2. The number of nitrogen functional groups attached to an aromatic ring is 1. The molecule has 52 heavy (non-hydrogen) atoms. The van der Waals surface area contributed by atoms with Gasteiger partial charge in [0.15, 0.2) is 17.0 Å². The first-order chi connectivity index (χ1) is 23.9. The fourth-order valence-electron chi connectivity index (χ4n) is 5.29. The molecule has 0 radical (unpaired) electrons. The summed E-state index contributed by atoms with van der Waals surface area (Å²) >= 11 is 0. The van der Waals surface area contributed by atoms with E-state index in [1.54, 1.807) is 0 Å². The molecule has 3 aromatic rings. The van der Waals surface area contributed by atoms with E-state index in [2.05, 4.69) is 28.1 Å². The van der Waals surface area contributed by atoms with Crippen LogP contribution in [0.1, 0.15) is 36.7 Å². The molecule has 0 aliphatic carbocycles. The monoisotopic (exact) mass is 802 g/mol. The molecule has 2 aromatic heterocycles. The third-order valence-corrected chi connectivity index (χ3v) is 11.3. The number of aromatic nitrogens is 4. The molecule has 4 unspecified atom stereocenters. The highest BCUT2D eigenvalue weighted by Gasteiger charge is 2.56. The largest absolute Gasteiger partial charge is 0.490 e. The topological polar surface area (TPSA) is 443 Å². The van der Waals surface area contributed by atoms with E-state index in [4.69, 9.17) is 37.5 Å². The van der Waals surface area contributed by atoms with Gasteiger partial charge in [-0.1, -0.05) is 6.42 Å². The van der Waals surface area contributed by atoms with E-state index in [0.717, 1.165) is 23.0 Å². The highest BCUT2D eigenvalue weighted by molar-refractivity contribution is 7.66. The second-order valence-electron chi connectivity index (χ2n) is 11.3. The zero-order valence-corrected chi connectivity index (χ0v) is 28.9. The van der Waals surface area contributed by atoms with E-state index in [9.17, 15) is 53.9 Å². The van der Waals surface area contributed by atoms with Gasteiger partial charge in [0.05, 0.1) is 22.5 Å². The Morgan fingerprint density at radius 2 is 1.69 bits per heavy atom. The summed E-state index contributed by atoms with van der Waals surface area (Å²) in [4.78, 5) is 69.9. The Kier molecular flexibility index (Phi) is 12.3. The highest BCUT2D eigenvalue weighted by atomic mass is 31.3. The van der Waals surface area contributed by atoms with Crippen LogP contribution in [0.3, 0.4) is 0 Å². The van der Waals surface area contributed by atoms with Crippen LogP contribution in [0.25, 0.3) is 11.2 Å². The predicted octanol–water partition coefficient (Wildman–Crippen LogP) is -1.00. The maximum Gasteiger partial charge on any atom is 0.490 e. The number of nitro benzene ring substituents is 2. The zero-order chi connectivity index (χ0) is 39.0. The summed E-state index contributed by atoms with van der Waals surface area (Å²) in [6.07, 6.45) is -4.31. The number of ether oxygens (including phenoxy) is 1. The molecule has 30 heteroatoms. The summed E-state index contributed by atoms with van der Waals surface area (Å²) in [6, 6.07) is 1.46. The van der Waals surface area contributed by atoms with Gasteiger partial charge in [-0.25, -0.2) is 28.6 Å². The standard InChI is InChI=1S/C22H33N10O17P3/c23-10(2-1-3-13(24)12-5-4-11(31(35)36)7-14(12)32(37)38)6-16-29-17-20(25)27-9-28-21(17)30(16)22(26)19(34)18(33)15(47-22)8-46-51(42,43)49-52(44,45)48-50(39,40)41/h4-5,7,9-10,13,15,18-19,33-34H,1-3,6,8,23-24,26H2,(H,42,43)(H,44,45)(H2,25,27,28)(H2,39,40,41)/t10?,13?,15-,18-,19-,22+/m1/s1. The van der Waals surface area contributed by atoms with Crippen molar-refractivity contribution >= 4 is 51.8 Å². The van der Waals surface area contributed by atoms with Gasteiger partial charge >= 0.3 is 23.5 Å². The van der Waals surface area contributed by atoms with Crippen LogP contribution in [0, 0.1) is 20.2 Å². The van der Waals surface area contributed by atoms with Crippen molar-refractivity contribution in [2.75, 3.05) is 12.3 Å². The number of nitrogens with two attached hydrogens (primary N) is 4. The molecule has 0 saturated carbocycles. The number of hydrogen-bond donors (Lipinski definition) is 10. The number of benzene rings is 1. The molecule has 1 aliphatic rings. The van der Waals surface area contributed by atoms with Crippen molar-refractivity contribution < 1.29 is 71.2 Å². The number of phosphoric acid groups is 3. The normalized spacial score (nSPS) is 24.3. The van der Waals surface area contributed by atoms with Crippen molar-refractivity contribution in [1.82, 2.24) is 19.5 Å². The number of aliphatic hydroxyl groups excluding tert-OH is 2. The number of non-ortho nitro benzene ring substituents is 1. The van der Waals surface area contributed by atoms with Crippen molar-refractivity contribution in [2.24, 2.45) is 17.2 Å². The van der Waals surface area contributed by atoms with Gasteiger partial charge in [0.1, 0.15) is 30.5 Å². The molecule has 8 atom stereocenters. The quantitative estimate of drug-likeness (QED) is 0.0444. The lowest BCUT2D eigenvalue weighted by Gasteiger charge is -2.31. The van der Waals surface area contributed by atoms with E-state index in [1.807, 2.05) is 0 Å². The summed E-state index contributed by atoms with van der Waals surface area (Å²) in [6.45, 7) is -1.17. The van der Waals surface area contributed by atoms with Crippen LogP contribution < -0.4 is 22.9 Å². The van der Waals surface area contributed by atoms with Gasteiger partial charge in [0.2, 0.25) is 5.85 Å². The molecule has 1 fully saturated rings. The van der Waals surface area contributed by atoms with Gasteiger partial charge < -0.3 is 51.7 Å². The first-order valence-electron chi connectivity index (χ1n) is 14.5. The van der Waals surface area contributed by atoms with Crippen LogP contribution in [0.2, 0.25) is 0 Å². The zero-order valence-electron chi connectivity index (χ0n) is 26.2. The number of rotatable bonds is 17. The Labute approximate surface area is 290 Å². The fourth-order valence-corrected chi connectivity index (χ4v) is 8.32. The molecule has 0 spiro atoms. The molecule has 288 valence electrons. The van der Waals surface area contributed by atoms with Crippen LogP contribution in [-0.4, -0.2) is 90.1 Å². The van der Waals surface area contributed by atoms with E-state index in [0.29, 0.717) is 0 Å². The average molecular weight is 802 g/mol. The van der Waals surface area contributed by atoms with Gasteiger partial charge in [0.25, 0.3) is 11.4 Å². The average Bonchev–Trinajstić information content (AvgIpc) is 3.49. The minimum atomic E-state index is -5.87. The number of fused-ring (bicyclic) bond motifs is 1. The maximum atomic E-state index is 12.2. The molecular formula is C22H33N10O17P3. The number of nitrogens with zero attached hydrogens (tertiary/aromatic N) is 6. The number of imidazole rings is 1. The SMILES string of the molecule is Nc1ncnc2c1nc(CC(N)CCCC(N)c1ccc([N+](=O)[O-])cc1[N+](=O)[O-])n2[C@]1(N)O[C@H](COP(=O)(O)OP(=O)(O)OP(=O)(O)O)[C@@H](O)[C@H]1O. The van der Waals surface area contributed by atoms with E-state index < -0.39 is 87.5 Å². The van der Waals surface area contributed by atoms with Crippen molar-refractivity contribution in [2.45, 2.75) is 61.9 Å². The van der Waals surface area contributed by atoms with Gasteiger partial charge in [0, 0.05) is 30.1 Å². The Balaban J connectivity index is 1.51. The third kappa shape index (κ3) is 9.55. The summed E-state index contributed by atoms with van der Waals surface area (Å²) in [7, 11) is -17.2. The van der Waals surface area contributed by atoms with Crippen molar-refractivity contribution in [1.29, 1.82) is 0 Å². The van der Waals surface area contributed by atoms with Crippen LogP contribution in [0.5, 0.6) is 0 Å². The first-order valence-corrected chi connectivity index (χ1v) is 19.0. The molecule has 0 bridgehead atoms. The molecule has 1 saturated heterocycles. The highest BCUT2D eigenvalue weighted by Crippen LogP contribution is 2.66. The van der Waals surface area contributed by atoms with Crippen LogP contribution in [0.4, 0.5) is 17.2 Å². The minimum absolute atomic E-state index is 0.0210. The van der Waals surface area contributed by atoms with E-state index in [-0.39, 0.29) is 54.1 Å².